The number of hydrogen-bond donors (Lipinski definition) is 3. The first-order valence-corrected chi connectivity index (χ1v) is 7.16. The van der Waals surface area contributed by atoms with Crippen LogP contribution in [0.4, 0.5) is 5.69 Å². The summed E-state index contributed by atoms with van der Waals surface area (Å²) < 4.78 is 5.40. The maximum atomic E-state index is 11.1. The zero-order valence-corrected chi connectivity index (χ0v) is 13.2. The Hall–Kier alpha value is -3.88. The fourth-order valence-corrected chi connectivity index (χ4v) is 2.07. The summed E-state index contributed by atoms with van der Waals surface area (Å²) in [5.74, 6) is -4.20. The molecule has 9 heteroatoms. The molecule has 26 heavy (non-hydrogen) atoms. The number of carboxylic acid groups (broad SMARTS) is 2. The van der Waals surface area contributed by atoms with Crippen LogP contribution in [0.3, 0.4) is 0 Å². The van der Waals surface area contributed by atoms with Gasteiger partial charge < -0.3 is 20.1 Å². The van der Waals surface area contributed by atoms with Crippen LogP contribution < -0.4 is 4.74 Å². The highest BCUT2D eigenvalue weighted by Gasteiger charge is 2.22. The van der Waals surface area contributed by atoms with Crippen molar-refractivity contribution in [2.24, 2.45) is 0 Å². The number of nitro groups is 1. The third-order valence-corrected chi connectivity index (χ3v) is 3.30. The normalized spacial score (nSPS) is 10.0. The first-order valence-electron chi connectivity index (χ1n) is 7.16. The molecule has 0 radical (unpaired) electrons. The number of hydrogen-bond acceptors (Lipinski definition) is 6. The molecule has 0 atom stereocenters. The minimum absolute atomic E-state index is 0.0417. The molecule has 0 spiro atoms. The number of nitro benzene ring substituents is 1. The molecule has 2 aromatic rings. The van der Waals surface area contributed by atoms with Crippen molar-refractivity contribution in [2.75, 3.05) is 0 Å². The molecular formula is C17H13NO8. The Labute approximate surface area is 146 Å². The number of carbonyl (C=O) groups is 2. The van der Waals surface area contributed by atoms with E-state index in [-0.39, 0.29) is 17.9 Å². The molecule has 0 saturated carbocycles. The highest BCUT2D eigenvalue weighted by molar-refractivity contribution is 6.16. The molecule has 0 unspecified atom stereocenters. The number of nitrogens with zero attached hydrogens (tertiary/aromatic N) is 1. The summed E-state index contributed by atoms with van der Waals surface area (Å²) in [5.41, 5.74) is -1.28. The number of aromatic hydroxyl groups is 1. The molecule has 2 rings (SSSR count). The van der Waals surface area contributed by atoms with Crippen molar-refractivity contribution < 1.29 is 34.6 Å². The number of ether oxygens (including phenoxy) is 1. The quantitative estimate of drug-likeness (QED) is 0.224. The lowest BCUT2D eigenvalue weighted by atomic mass is 10.1. The van der Waals surface area contributed by atoms with Gasteiger partial charge in [0.05, 0.1) is 16.6 Å². The van der Waals surface area contributed by atoms with Gasteiger partial charge in [0.25, 0.3) is 5.69 Å². The summed E-state index contributed by atoms with van der Waals surface area (Å²) in [6, 6.07) is 10.7. The summed E-state index contributed by atoms with van der Waals surface area (Å²) in [4.78, 5) is 32.2. The SMILES string of the molecule is O=C(O)C(=Cc1cc(OCc2ccccc2)c(O)cc1[N+](=O)[O-])C(=O)O. The molecule has 0 aliphatic rings. The van der Waals surface area contributed by atoms with Crippen molar-refractivity contribution in [1.29, 1.82) is 0 Å². The lowest BCUT2D eigenvalue weighted by Gasteiger charge is -2.10. The van der Waals surface area contributed by atoms with Gasteiger partial charge in [-0.2, -0.15) is 0 Å². The van der Waals surface area contributed by atoms with Gasteiger partial charge in [0.15, 0.2) is 11.5 Å². The fourth-order valence-electron chi connectivity index (χ4n) is 2.07. The van der Waals surface area contributed by atoms with Crippen LogP contribution in [0.25, 0.3) is 6.08 Å². The fraction of sp³-hybridized carbons (Fsp3) is 0.0588. The van der Waals surface area contributed by atoms with Crippen molar-refractivity contribution in [3.05, 3.63) is 69.3 Å². The Morgan fingerprint density at radius 3 is 2.27 bits per heavy atom. The molecule has 0 heterocycles. The zero-order chi connectivity index (χ0) is 19.3. The summed E-state index contributed by atoms with van der Waals surface area (Å²) in [6.07, 6.45) is 0.637. The zero-order valence-electron chi connectivity index (χ0n) is 13.2. The van der Waals surface area contributed by atoms with Crippen LogP contribution in [0.2, 0.25) is 0 Å². The monoisotopic (exact) mass is 359 g/mol. The summed E-state index contributed by atoms with van der Waals surface area (Å²) in [5, 5.41) is 38.8. The third kappa shape index (κ3) is 4.35. The Bertz CT molecular complexity index is 873. The van der Waals surface area contributed by atoms with Gasteiger partial charge in [0, 0.05) is 0 Å². The van der Waals surface area contributed by atoms with E-state index in [0.717, 1.165) is 17.7 Å². The van der Waals surface area contributed by atoms with Crippen molar-refractivity contribution in [1.82, 2.24) is 0 Å². The highest BCUT2D eigenvalue weighted by atomic mass is 16.6. The summed E-state index contributed by atoms with van der Waals surface area (Å²) >= 11 is 0. The van der Waals surface area contributed by atoms with Gasteiger partial charge in [-0.25, -0.2) is 9.59 Å². The van der Waals surface area contributed by atoms with Gasteiger partial charge in [0.2, 0.25) is 0 Å². The second-order valence-corrected chi connectivity index (χ2v) is 5.08. The van der Waals surface area contributed by atoms with E-state index in [2.05, 4.69) is 0 Å². The average molecular weight is 359 g/mol. The van der Waals surface area contributed by atoms with Crippen LogP contribution in [0.1, 0.15) is 11.1 Å². The van der Waals surface area contributed by atoms with Gasteiger partial charge >= 0.3 is 11.9 Å². The predicted octanol–water partition coefficient (Wildman–Crippen LogP) is 2.43. The van der Waals surface area contributed by atoms with E-state index >= 15 is 0 Å². The van der Waals surface area contributed by atoms with Crippen LogP contribution in [0.15, 0.2) is 48.0 Å². The molecule has 0 aromatic heterocycles. The van der Waals surface area contributed by atoms with Gasteiger partial charge in [-0.15, -0.1) is 0 Å². The van der Waals surface area contributed by atoms with Crippen molar-refractivity contribution in [2.45, 2.75) is 6.61 Å². The van der Waals surface area contributed by atoms with E-state index in [4.69, 9.17) is 14.9 Å². The van der Waals surface area contributed by atoms with Crippen molar-refractivity contribution in [3.8, 4) is 11.5 Å². The number of rotatable bonds is 7. The largest absolute Gasteiger partial charge is 0.504 e. The average Bonchev–Trinajstić information content (AvgIpc) is 2.59. The van der Waals surface area contributed by atoms with Gasteiger partial charge in [0.1, 0.15) is 12.2 Å². The molecule has 3 N–H and O–H groups in total. The minimum Gasteiger partial charge on any atom is -0.504 e. The summed E-state index contributed by atoms with van der Waals surface area (Å²) in [7, 11) is 0. The Morgan fingerprint density at radius 2 is 1.73 bits per heavy atom. The second-order valence-electron chi connectivity index (χ2n) is 5.08. The standard InChI is InChI=1S/C17H13NO8/c19-14-8-13(18(24)25)11(6-12(16(20)21)17(22)23)7-15(14)26-9-10-4-2-1-3-5-10/h1-8,19H,9H2,(H,20,21)(H,22,23). The molecule has 134 valence electrons. The molecule has 0 aliphatic carbocycles. The number of aliphatic carboxylic acids is 2. The maximum Gasteiger partial charge on any atom is 0.343 e. The lowest BCUT2D eigenvalue weighted by Crippen LogP contribution is -2.11. The Balaban J connectivity index is 2.45. The molecule has 0 saturated heterocycles. The predicted molar refractivity (Wildman–Crippen MR) is 88.8 cm³/mol. The molecular weight excluding hydrogens is 346 g/mol. The number of phenols is 1. The Morgan fingerprint density at radius 1 is 1.12 bits per heavy atom. The van der Waals surface area contributed by atoms with Crippen LogP contribution in [0.5, 0.6) is 11.5 Å². The van der Waals surface area contributed by atoms with E-state index in [0.29, 0.717) is 6.08 Å². The Kier molecular flexibility index (Phi) is 5.53. The molecule has 0 bridgehead atoms. The van der Waals surface area contributed by atoms with Crippen molar-refractivity contribution >= 4 is 23.7 Å². The third-order valence-electron chi connectivity index (χ3n) is 3.30. The number of benzene rings is 2. The lowest BCUT2D eigenvalue weighted by molar-refractivity contribution is -0.385. The van der Waals surface area contributed by atoms with Gasteiger partial charge in [-0.1, -0.05) is 30.3 Å². The summed E-state index contributed by atoms with van der Waals surface area (Å²) in [6.45, 7) is 0.0417. The molecule has 0 aliphatic heterocycles. The van der Waals surface area contributed by atoms with Gasteiger partial charge in [-0.3, -0.25) is 10.1 Å². The first-order chi connectivity index (χ1) is 12.3. The first kappa shape index (κ1) is 18.5. The van der Waals surface area contributed by atoms with E-state index in [1.165, 1.54) is 0 Å². The number of phenolic OH excluding ortho intramolecular Hbond substituents is 1. The second kappa shape index (κ2) is 7.79. The molecule has 0 fully saturated rings. The topological polar surface area (TPSA) is 147 Å². The van der Waals surface area contributed by atoms with Crippen LogP contribution >= 0.6 is 0 Å². The van der Waals surface area contributed by atoms with Crippen molar-refractivity contribution in [3.63, 3.8) is 0 Å². The van der Waals surface area contributed by atoms with E-state index < -0.39 is 33.9 Å². The highest BCUT2D eigenvalue weighted by Crippen LogP contribution is 2.35. The molecule has 0 amide bonds. The van der Waals surface area contributed by atoms with E-state index in [9.17, 15) is 24.8 Å². The van der Waals surface area contributed by atoms with E-state index in [1.54, 1.807) is 30.3 Å². The van der Waals surface area contributed by atoms with Gasteiger partial charge in [-0.05, 0) is 17.7 Å². The number of carboxylic acids is 2. The molecule has 9 nitrogen and oxygen atoms in total. The van der Waals surface area contributed by atoms with Crippen LogP contribution in [-0.2, 0) is 16.2 Å². The smallest absolute Gasteiger partial charge is 0.343 e. The van der Waals surface area contributed by atoms with E-state index in [1.807, 2.05) is 0 Å². The minimum atomic E-state index is -1.76. The van der Waals surface area contributed by atoms with Crippen LogP contribution in [0, 0.1) is 10.1 Å². The molecule has 2 aromatic carbocycles. The van der Waals surface area contributed by atoms with Crippen LogP contribution in [-0.4, -0.2) is 32.2 Å². The maximum absolute atomic E-state index is 11.1.